The quantitative estimate of drug-likeness (QED) is 0.926. The van der Waals surface area contributed by atoms with E-state index in [2.05, 4.69) is 25.5 Å². The summed E-state index contributed by atoms with van der Waals surface area (Å²) in [7, 11) is -1.92. The van der Waals surface area contributed by atoms with E-state index in [0.29, 0.717) is 16.6 Å². The molecule has 2 bridgehead atoms. The van der Waals surface area contributed by atoms with Crippen LogP contribution in [0.5, 0.6) is 5.75 Å². The molecule has 122 valence electrons. The van der Waals surface area contributed by atoms with E-state index in [1.165, 1.54) is 6.42 Å². The molecule has 0 aromatic heterocycles. The van der Waals surface area contributed by atoms with Crippen LogP contribution in [0.3, 0.4) is 0 Å². The van der Waals surface area contributed by atoms with Gasteiger partial charge in [-0.2, -0.15) is 0 Å². The lowest BCUT2D eigenvalue weighted by molar-refractivity contribution is 0.130. The fraction of sp³-hybridized carbons (Fsp3) is 0.647. The molecule has 2 fully saturated rings. The van der Waals surface area contributed by atoms with Gasteiger partial charge in [-0.25, -0.2) is 13.1 Å². The van der Waals surface area contributed by atoms with Crippen molar-refractivity contribution < 1.29 is 13.2 Å². The van der Waals surface area contributed by atoms with Gasteiger partial charge >= 0.3 is 0 Å². The third-order valence-electron chi connectivity index (χ3n) is 6.46. The van der Waals surface area contributed by atoms with Gasteiger partial charge in [0.25, 0.3) is 0 Å². The van der Waals surface area contributed by atoms with Crippen LogP contribution in [0.4, 0.5) is 0 Å². The second-order valence-corrected chi connectivity index (χ2v) is 9.17. The lowest BCUT2D eigenvalue weighted by atomic mass is 9.69. The van der Waals surface area contributed by atoms with E-state index in [4.69, 9.17) is 4.74 Å². The summed E-state index contributed by atoms with van der Waals surface area (Å²) >= 11 is 0. The van der Waals surface area contributed by atoms with Crippen LogP contribution in [0.15, 0.2) is 29.2 Å². The van der Waals surface area contributed by atoms with E-state index >= 15 is 0 Å². The lowest BCUT2D eigenvalue weighted by Gasteiger charge is -2.39. The summed E-state index contributed by atoms with van der Waals surface area (Å²) in [6.07, 6.45) is 3.25. The van der Waals surface area contributed by atoms with Gasteiger partial charge in [0.15, 0.2) is 0 Å². The molecule has 1 aromatic carbocycles. The minimum atomic E-state index is -3.49. The largest absolute Gasteiger partial charge is 0.497 e. The summed E-state index contributed by atoms with van der Waals surface area (Å²) in [4.78, 5) is 0.303. The van der Waals surface area contributed by atoms with E-state index in [1.54, 1.807) is 31.4 Å². The maximum Gasteiger partial charge on any atom is 0.240 e. The highest BCUT2D eigenvalue weighted by Crippen LogP contribution is 2.65. The van der Waals surface area contributed by atoms with E-state index in [0.717, 1.165) is 12.8 Å². The van der Waals surface area contributed by atoms with Crippen LogP contribution in [0.1, 0.15) is 40.0 Å². The molecular weight excluding hydrogens is 298 g/mol. The minimum Gasteiger partial charge on any atom is -0.497 e. The number of nitrogens with one attached hydrogen (secondary N) is 1. The number of fused-ring (bicyclic) bond motifs is 2. The predicted octanol–water partition coefficient (Wildman–Crippen LogP) is 3.19. The highest BCUT2D eigenvalue weighted by atomic mass is 32.2. The van der Waals surface area contributed by atoms with Gasteiger partial charge in [0, 0.05) is 6.04 Å². The molecule has 2 aliphatic carbocycles. The molecule has 4 nitrogen and oxygen atoms in total. The molecule has 0 aliphatic heterocycles. The maximum atomic E-state index is 12.7. The summed E-state index contributed by atoms with van der Waals surface area (Å²) < 4.78 is 33.4. The Morgan fingerprint density at radius 3 is 2.27 bits per heavy atom. The van der Waals surface area contributed by atoms with E-state index in [-0.39, 0.29) is 16.9 Å². The molecule has 0 amide bonds. The van der Waals surface area contributed by atoms with Crippen LogP contribution in [-0.2, 0) is 10.0 Å². The number of ether oxygens (including phenoxy) is 1. The Morgan fingerprint density at radius 2 is 1.82 bits per heavy atom. The molecular formula is C17H25NO3S. The number of rotatable bonds is 4. The van der Waals surface area contributed by atoms with Gasteiger partial charge in [-0.1, -0.05) is 20.8 Å². The van der Waals surface area contributed by atoms with Crippen LogP contribution >= 0.6 is 0 Å². The fourth-order valence-corrected chi connectivity index (χ4v) is 5.75. The van der Waals surface area contributed by atoms with Gasteiger partial charge in [-0.3, -0.25) is 0 Å². The second kappa shape index (κ2) is 4.96. The maximum absolute atomic E-state index is 12.7. The SMILES string of the molecule is COc1ccc(S(=O)(=O)NC2CC3CCC2(C)C3(C)C)cc1. The van der Waals surface area contributed by atoms with Crippen molar-refractivity contribution in [1.29, 1.82) is 0 Å². The molecule has 3 rings (SSSR count). The van der Waals surface area contributed by atoms with Crippen LogP contribution in [0, 0.1) is 16.7 Å². The first-order valence-corrected chi connectivity index (χ1v) is 9.35. The first kappa shape index (κ1) is 15.8. The zero-order valence-corrected chi connectivity index (χ0v) is 14.5. The Balaban J connectivity index is 1.83. The molecule has 0 saturated heterocycles. The van der Waals surface area contributed by atoms with E-state index in [1.807, 2.05) is 0 Å². The summed E-state index contributed by atoms with van der Waals surface area (Å²) in [6, 6.07) is 6.58. The predicted molar refractivity (Wildman–Crippen MR) is 86.3 cm³/mol. The van der Waals surface area contributed by atoms with Gasteiger partial charge in [0.1, 0.15) is 5.75 Å². The molecule has 2 aliphatic rings. The number of sulfonamides is 1. The van der Waals surface area contributed by atoms with Crippen molar-refractivity contribution in [3.63, 3.8) is 0 Å². The molecule has 1 N–H and O–H groups in total. The van der Waals surface area contributed by atoms with Crippen LogP contribution in [-0.4, -0.2) is 21.6 Å². The number of hydrogen-bond donors (Lipinski definition) is 1. The van der Waals surface area contributed by atoms with E-state index in [9.17, 15) is 8.42 Å². The molecule has 0 heterocycles. The molecule has 3 unspecified atom stereocenters. The van der Waals surface area contributed by atoms with Gasteiger partial charge < -0.3 is 4.74 Å². The van der Waals surface area contributed by atoms with Crippen LogP contribution < -0.4 is 9.46 Å². The average molecular weight is 323 g/mol. The monoisotopic (exact) mass is 323 g/mol. The Kier molecular flexibility index (Phi) is 3.57. The summed E-state index contributed by atoms with van der Waals surface area (Å²) in [5.41, 5.74) is 0.233. The standard InChI is InChI=1S/C17H25NO3S/c1-16(2)12-9-10-17(16,3)15(11-12)18-22(19,20)14-7-5-13(21-4)6-8-14/h5-8,12,15,18H,9-11H2,1-4H3. The molecule has 0 spiro atoms. The summed E-state index contributed by atoms with van der Waals surface area (Å²) in [5.74, 6) is 1.27. The molecule has 2 saturated carbocycles. The first-order valence-electron chi connectivity index (χ1n) is 7.87. The van der Waals surface area contributed by atoms with Crippen molar-refractivity contribution in [2.24, 2.45) is 16.7 Å². The minimum absolute atomic E-state index is 0.0216. The van der Waals surface area contributed by atoms with Crippen molar-refractivity contribution in [2.75, 3.05) is 7.11 Å². The normalized spacial score (nSPS) is 33.1. The van der Waals surface area contributed by atoms with E-state index < -0.39 is 10.0 Å². The Morgan fingerprint density at radius 1 is 1.18 bits per heavy atom. The van der Waals surface area contributed by atoms with Gasteiger partial charge in [-0.05, 0) is 60.3 Å². The third kappa shape index (κ3) is 2.17. The van der Waals surface area contributed by atoms with Gasteiger partial charge in [0.05, 0.1) is 12.0 Å². The molecule has 22 heavy (non-hydrogen) atoms. The Bertz CT molecular complexity index is 666. The number of hydrogen-bond acceptors (Lipinski definition) is 3. The van der Waals surface area contributed by atoms with Crippen molar-refractivity contribution in [3.05, 3.63) is 24.3 Å². The van der Waals surface area contributed by atoms with Crippen molar-refractivity contribution in [1.82, 2.24) is 4.72 Å². The zero-order valence-electron chi connectivity index (χ0n) is 13.7. The number of methoxy groups -OCH3 is 1. The smallest absolute Gasteiger partial charge is 0.240 e. The van der Waals surface area contributed by atoms with Crippen molar-refractivity contribution in [3.8, 4) is 5.75 Å². The molecule has 1 aromatic rings. The molecule has 0 radical (unpaired) electrons. The molecule has 5 heteroatoms. The highest BCUT2D eigenvalue weighted by Gasteiger charge is 2.61. The van der Waals surface area contributed by atoms with Crippen molar-refractivity contribution >= 4 is 10.0 Å². The third-order valence-corrected chi connectivity index (χ3v) is 7.95. The highest BCUT2D eigenvalue weighted by molar-refractivity contribution is 7.89. The van der Waals surface area contributed by atoms with Crippen LogP contribution in [0.25, 0.3) is 0 Å². The topological polar surface area (TPSA) is 55.4 Å². The van der Waals surface area contributed by atoms with Crippen molar-refractivity contribution in [2.45, 2.75) is 51.0 Å². The Hall–Kier alpha value is -1.07. The molecule has 3 atom stereocenters. The zero-order chi connectivity index (χ0) is 16.2. The average Bonchev–Trinajstić information content (AvgIpc) is 2.80. The number of benzene rings is 1. The van der Waals surface area contributed by atoms with Gasteiger partial charge in [0.2, 0.25) is 10.0 Å². The fourth-order valence-electron chi connectivity index (χ4n) is 4.39. The first-order chi connectivity index (χ1) is 10.2. The lowest BCUT2D eigenvalue weighted by Crippen LogP contribution is -2.46. The Labute approximate surface area is 133 Å². The summed E-state index contributed by atoms with van der Waals surface area (Å²) in [6.45, 7) is 6.81. The summed E-state index contributed by atoms with van der Waals surface area (Å²) in [5, 5.41) is 0. The van der Waals surface area contributed by atoms with Crippen LogP contribution in [0.2, 0.25) is 0 Å². The van der Waals surface area contributed by atoms with Gasteiger partial charge in [-0.15, -0.1) is 0 Å². The second-order valence-electron chi connectivity index (χ2n) is 7.46.